The van der Waals surface area contributed by atoms with Gasteiger partial charge in [-0.2, -0.15) is 5.10 Å². The summed E-state index contributed by atoms with van der Waals surface area (Å²) >= 11 is 0. The zero-order chi connectivity index (χ0) is 23.6. The zero-order valence-electron chi connectivity index (χ0n) is 18.5. The molecule has 1 N–H and O–H groups in total. The number of esters is 1. The normalized spacial score (nSPS) is 10.5. The van der Waals surface area contributed by atoms with E-state index < -0.39 is 5.97 Å². The fourth-order valence-corrected chi connectivity index (χ4v) is 2.85. The van der Waals surface area contributed by atoms with Crippen molar-refractivity contribution >= 4 is 18.1 Å². The molecule has 0 bridgehead atoms. The van der Waals surface area contributed by atoms with Crippen molar-refractivity contribution in [2.24, 2.45) is 5.10 Å². The van der Waals surface area contributed by atoms with Crippen molar-refractivity contribution in [2.45, 2.75) is 6.92 Å². The lowest BCUT2D eigenvalue weighted by molar-refractivity contribution is 0.0734. The Morgan fingerprint density at radius 1 is 0.848 bits per heavy atom. The molecule has 0 aliphatic carbocycles. The number of hydrazone groups is 1. The summed E-state index contributed by atoms with van der Waals surface area (Å²) in [4.78, 5) is 24.6. The van der Waals surface area contributed by atoms with Gasteiger partial charge in [-0.3, -0.25) is 4.79 Å². The van der Waals surface area contributed by atoms with Crippen molar-refractivity contribution in [3.63, 3.8) is 0 Å². The van der Waals surface area contributed by atoms with Crippen molar-refractivity contribution in [3.05, 3.63) is 83.4 Å². The maximum absolute atomic E-state index is 12.4. The first-order valence-electron chi connectivity index (χ1n) is 10.1. The van der Waals surface area contributed by atoms with E-state index in [0.717, 1.165) is 0 Å². The number of nitrogens with zero attached hydrogens (tertiary/aromatic N) is 1. The maximum Gasteiger partial charge on any atom is 0.343 e. The van der Waals surface area contributed by atoms with E-state index in [4.69, 9.17) is 18.9 Å². The van der Waals surface area contributed by atoms with Crippen LogP contribution in [0.3, 0.4) is 0 Å². The van der Waals surface area contributed by atoms with E-state index in [9.17, 15) is 9.59 Å². The molecule has 33 heavy (non-hydrogen) atoms. The third kappa shape index (κ3) is 6.33. The summed E-state index contributed by atoms with van der Waals surface area (Å²) in [6, 6.07) is 18.3. The summed E-state index contributed by atoms with van der Waals surface area (Å²) in [5, 5.41) is 3.96. The van der Waals surface area contributed by atoms with Gasteiger partial charge < -0.3 is 18.9 Å². The van der Waals surface area contributed by atoms with Gasteiger partial charge in [-0.25, -0.2) is 10.2 Å². The Balaban J connectivity index is 1.56. The SMILES string of the molecule is CCOc1ccc(C(=O)N/N=C/c2ccc(OC(=O)c3ccc(OC)c(OC)c3)cc2)cc1. The molecule has 1 amide bonds. The Bertz CT molecular complexity index is 1120. The van der Waals surface area contributed by atoms with Crippen LogP contribution in [0.5, 0.6) is 23.0 Å². The number of hydrogen-bond acceptors (Lipinski definition) is 7. The predicted molar refractivity (Wildman–Crippen MR) is 124 cm³/mol. The second-order valence-corrected chi connectivity index (χ2v) is 6.68. The molecular formula is C25H24N2O6. The van der Waals surface area contributed by atoms with Gasteiger partial charge in [0.15, 0.2) is 11.5 Å². The minimum atomic E-state index is -0.528. The molecule has 3 rings (SSSR count). The van der Waals surface area contributed by atoms with Gasteiger partial charge in [0.25, 0.3) is 5.91 Å². The number of hydrogen-bond donors (Lipinski definition) is 1. The molecule has 170 valence electrons. The van der Waals surface area contributed by atoms with Crippen LogP contribution in [0.4, 0.5) is 0 Å². The van der Waals surface area contributed by atoms with Crippen LogP contribution in [0.1, 0.15) is 33.2 Å². The summed E-state index contributed by atoms with van der Waals surface area (Å²) in [5.74, 6) is 1.16. The lowest BCUT2D eigenvalue weighted by Crippen LogP contribution is -2.17. The van der Waals surface area contributed by atoms with Crippen LogP contribution >= 0.6 is 0 Å². The van der Waals surface area contributed by atoms with Crippen LogP contribution in [0.2, 0.25) is 0 Å². The minimum Gasteiger partial charge on any atom is -0.494 e. The summed E-state index contributed by atoms with van der Waals surface area (Å²) in [6.07, 6.45) is 1.49. The smallest absolute Gasteiger partial charge is 0.343 e. The molecule has 0 radical (unpaired) electrons. The molecule has 8 nitrogen and oxygen atoms in total. The predicted octanol–water partition coefficient (Wildman–Crippen LogP) is 4.09. The van der Waals surface area contributed by atoms with E-state index >= 15 is 0 Å². The highest BCUT2D eigenvalue weighted by Crippen LogP contribution is 2.28. The van der Waals surface area contributed by atoms with E-state index in [1.165, 1.54) is 20.4 Å². The number of benzene rings is 3. The third-order valence-electron chi connectivity index (χ3n) is 4.52. The van der Waals surface area contributed by atoms with Gasteiger partial charge in [-0.05, 0) is 79.2 Å². The molecule has 0 aromatic heterocycles. The molecule has 0 aliphatic rings. The van der Waals surface area contributed by atoms with E-state index in [1.807, 2.05) is 6.92 Å². The van der Waals surface area contributed by atoms with Crippen LogP contribution in [0.15, 0.2) is 71.8 Å². The molecule has 0 aliphatic heterocycles. The molecule has 0 saturated carbocycles. The number of carbonyl (C=O) groups excluding carboxylic acids is 2. The molecule has 3 aromatic rings. The molecular weight excluding hydrogens is 424 g/mol. The topological polar surface area (TPSA) is 95.5 Å². The van der Waals surface area contributed by atoms with Crippen LogP contribution in [0.25, 0.3) is 0 Å². The average molecular weight is 448 g/mol. The van der Waals surface area contributed by atoms with E-state index in [2.05, 4.69) is 10.5 Å². The Labute approximate surface area is 191 Å². The number of nitrogens with one attached hydrogen (secondary N) is 1. The molecule has 0 unspecified atom stereocenters. The van der Waals surface area contributed by atoms with Crippen LogP contribution in [-0.2, 0) is 0 Å². The van der Waals surface area contributed by atoms with Crippen molar-refractivity contribution in [2.75, 3.05) is 20.8 Å². The zero-order valence-corrected chi connectivity index (χ0v) is 18.5. The Morgan fingerprint density at radius 2 is 1.48 bits per heavy atom. The fraction of sp³-hybridized carbons (Fsp3) is 0.160. The average Bonchev–Trinajstić information content (AvgIpc) is 2.85. The van der Waals surface area contributed by atoms with Gasteiger partial charge in [-0.15, -0.1) is 0 Å². The first-order chi connectivity index (χ1) is 16.0. The maximum atomic E-state index is 12.4. The van der Waals surface area contributed by atoms with Gasteiger partial charge >= 0.3 is 5.97 Å². The third-order valence-corrected chi connectivity index (χ3v) is 4.52. The second-order valence-electron chi connectivity index (χ2n) is 6.68. The van der Waals surface area contributed by atoms with Gasteiger partial charge in [-0.1, -0.05) is 0 Å². The molecule has 0 atom stereocenters. The van der Waals surface area contributed by atoms with Gasteiger partial charge in [0.05, 0.1) is 32.6 Å². The monoisotopic (exact) mass is 448 g/mol. The summed E-state index contributed by atoms with van der Waals surface area (Å²) < 4.78 is 21.1. The largest absolute Gasteiger partial charge is 0.494 e. The lowest BCUT2D eigenvalue weighted by atomic mass is 10.2. The molecule has 3 aromatic carbocycles. The van der Waals surface area contributed by atoms with Crippen molar-refractivity contribution in [1.29, 1.82) is 0 Å². The summed E-state index contributed by atoms with van der Waals surface area (Å²) in [5.41, 5.74) is 3.98. The molecule has 0 spiro atoms. The Kier molecular flexibility index (Phi) is 8.02. The Hall–Kier alpha value is -4.33. The number of methoxy groups -OCH3 is 2. The Morgan fingerprint density at radius 3 is 2.12 bits per heavy atom. The first-order valence-corrected chi connectivity index (χ1v) is 10.1. The molecule has 0 heterocycles. The van der Waals surface area contributed by atoms with E-state index in [-0.39, 0.29) is 5.91 Å². The standard InChI is InChI=1S/C25H24N2O6/c1-4-32-20-12-7-18(8-13-20)24(28)27-26-16-17-5-10-21(11-6-17)33-25(29)19-9-14-22(30-2)23(15-19)31-3/h5-16H,4H2,1-3H3,(H,27,28)/b26-16+. The lowest BCUT2D eigenvalue weighted by Gasteiger charge is -2.09. The highest BCUT2D eigenvalue weighted by molar-refractivity contribution is 5.95. The van der Waals surface area contributed by atoms with E-state index in [0.29, 0.717) is 46.3 Å². The number of carbonyl (C=O) groups is 2. The quantitative estimate of drug-likeness (QED) is 0.229. The van der Waals surface area contributed by atoms with Crippen molar-refractivity contribution in [1.82, 2.24) is 5.43 Å². The fourth-order valence-electron chi connectivity index (χ4n) is 2.85. The van der Waals surface area contributed by atoms with Gasteiger partial charge in [0.1, 0.15) is 11.5 Å². The van der Waals surface area contributed by atoms with Crippen LogP contribution in [-0.4, -0.2) is 38.9 Å². The van der Waals surface area contributed by atoms with Crippen LogP contribution in [0, 0.1) is 0 Å². The van der Waals surface area contributed by atoms with Crippen LogP contribution < -0.4 is 24.4 Å². The number of rotatable bonds is 9. The first kappa shape index (κ1) is 23.3. The second kappa shape index (κ2) is 11.3. The highest BCUT2D eigenvalue weighted by atomic mass is 16.5. The number of amides is 1. The highest BCUT2D eigenvalue weighted by Gasteiger charge is 2.13. The van der Waals surface area contributed by atoms with Gasteiger partial charge in [0, 0.05) is 5.56 Å². The molecule has 8 heteroatoms. The van der Waals surface area contributed by atoms with E-state index in [1.54, 1.807) is 66.7 Å². The summed E-state index contributed by atoms with van der Waals surface area (Å²) in [7, 11) is 3.01. The summed E-state index contributed by atoms with van der Waals surface area (Å²) in [6.45, 7) is 2.45. The van der Waals surface area contributed by atoms with Crippen molar-refractivity contribution < 1.29 is 28.5 Å². The minimum absolute atomic E-state index is 0.329. The molecule has 0 fully saturated rings. The van der Waals surface area contributed by atoms with Crippen molar-refractivity contribution in [3.8, 4) is 23.0 Å². The van der Waals surface area contributed by atoms with Gasteiger partial charge in [0.2, 0.25) is 0 Å². The molecule has 0 saturated heterocycles. The number of ether oxygens (including phenoxy) is 4.